The summed E-state index contributed by atoms with van der Waals surface area (Å²) in [6, 6.07) is -1.43. The summed E-state index contributed by atoms with van der Waals surface area (Å²) in [4.78, 5) is 37.4. The van der Waals surface area contributed by atoms with E-state index in [-0.39, 0.29) is 12.6 Å². The number of ether oxygens (including phenoxy) is 1. The van der Waals surface area contributed by atoms with Crippen LogP contribution in [0.3, 0.4) is 0 Å². The van der Waals surface area contributed by atoms with Gasteiger partial charge in [0.2, 0.25) is 0 Å². The maximum Gasteiger partial charge on any atom is 0.326 e. The summed E-state index contributed by atoms with van der Waals surface area (Å²) < 4.78 is 4.55. The number of likely N-dealkylation sites (tertiary alicyclic amines) is 1. The van der Waals surface area contributed by atoms with Crippen LogP contribution in [0.1, 0.15) is 26.7 Å². The normalized spacial score (nSPS) is 18.5. The first-order chi connectivity index (χ1) is 8.88. The van der Waals surface area contributed by atoms with Gasteiger partial charge < -0.3 is 19.6 Å². The zero-order chi connectivity index (χ0) is 14.6. The van der Waals surface area contributed by atoms with Crippen LogP contribution in [-0.2, 0) is 14.3 Å². The van der Waals surface area contributed by atoms with Gasteiger partial charge in [-0.3, -0.25) is 4.79 Å². The second-order valence-electron chi connectivity index (χ2n) is 4.77. The monoisotopic (exact) mass is 272 g/mol. The zero-order valence-electron chi connectivity index (χ0n) is 11.5. The first-order valence-corrected chi connectivity index (χ1v) is 6.25. The largest absolute Gasteiger partial charge is 0.480 e. The topological polar surface area (TPSA) is 87.2 Å². The summed E-state index contributed by atoms with van der Waals surface area (Å²) in [6.45, 7) is 3.77. The molecule has 0 unspecified atom stereocenters. The van der Waals surface area contributed by atoms with Crippen molar-refractivity contribution in [2.24, 2.45) is 0 Å². The lowest BCUT2D eigenvalue weighted by molar-refractivity contribution is -0.142. The molecule has 0 aromatic heterocycles. The van der Waals surface area contributed by atoms with E-state index < -0.39 is 24.0 Å². The lowest BCUT2D eigenvalue weighted by Gasteiger charge is -2.32. The molecule has 0 radical (unpaired) electrons. The molecule has 1 atom stereocenters. The smallest absolute Gasteiger partial charge is 0.326 e. The van der Waals surface area contributed by atoms with Gasteiger partial charge in [-0.1, -0.05) is 0 Å². The van der Waals surface area contributed by atoms with Crippen molar-refractivity contribution in [2.75, 3.05) is 20.2 Å². The lowest BCUT2D eigenvalue weighted by atomic mass is 10.2. The van der Waals surface area contributed by atoms with Crippen LogP contribution in [0.5, 0.6) is 0 Å². The molecule has 1 fully saturated rings. The summed E-state index contributed by atoms with van der Waals surface area (Å²) in [5, 5.41) is 9.08. The second-order valence-corrected chi connectivity index (χ2v) is 4.77. The van der Waals surface area contributed by atoms with Crippen molar-refractivity contribution in [3.05, 3.63) is 0 Å². The molecule has 7 nitrogen and oxygen atoms in total. The molecule has 1 saturated heterocycles. The summed E-state index contributed by atoms with van der Waals surface area (Å²) in [5.41, 5.74) is 0. The number of hydrogen-bond acceptors (Lipinski definition) is 4. The van der Waals surface area contributed by atoms with E-state index in [0.29, 0.717) is 19.4 Å². The number of methoxy groups -OCH3 is 1. The van der Waals surface area contributed by atoms with E-state index in [1.807, 2.05) is 0 Å². The molecule has 0 bridgehead atoms. The third-order valence-electron chi connectivity index (χ3n) is 3.18. The number of carboxylic acids is 1. The van der Waals surface area contributed by atoms with Gasteiger partial charge in [0.1, 0.15) is 12.6 Å². The van der Waals surface area contributed by atoms with Crippen molar-refractivity contribution >= 4 is 18.0 Å². The minimum absolute atomic E-state index is 0.171. The molecule has 1 rings (SSSR count). The Labute approximate surface area is 112 Å². The third-order valence-corrected chi connectivity index (χ3v) is 3.18. The predicted molar refractivity (Wildman–Crippen MR) is 66.6 cm³/mol. The van der Waals surface area contributed by atoms with E-state index >= 15 is 0 Å². The molecule has 1 N–H and O–H groups in total. The fraction of sp³-hybridized carbons (Fsp3) is 0.750. The van der Waals surface area contributed by atoms with E-state index in [9.17, 15) is 14.4 Å². The standard InChI is InChI=1S/C12H20N2O5/c1-8(2)14(7-10(15)19-3)12(18)13-6-4-5-9(13)11(16)17/h8-9H,4-7H2,1-3H3,(H,16,17)/t9-/m0/s1. The summed E-state index contributed by atoms with van der Waals surface area (Å²) >= 11 is 0. The van der Waals surface area contributed by atoms with Crippen LogP contribution < -0.4 is 0 Å². The summed E-state index contributed by atoms with van der Waals surface area (Å²) in [5.74, 6) is -1.53. The highest BCUT2D eigenvalue weighted by atomic mass is 16.5. The quantitative estimate of drug-likeness (QED) is 0.755. The molecule has 19 heavy (non-hydrogen) atoms. The molecule has 0 aromatic carbocycles. The number of esters is 1. The van der Waals surface area contributed by atoms with Crippen LogP contribution in [0, 0.1) is 0 Å². The second kappa shape index (κ2) is 6.40. The molecular formula is C12H20N2O5. The van der Waals surface area contributed by atoms with Gasteiger partial charge >= 0.3 is 18.0 Å². The highest BCUT2D eigenvalue weighted by Crippen LogP contribution is 2.20. The Morgan fingerprint density at radius 1 is 1.42 bits per heavy atom. The molecular weight excluding hydrogens is 252 g/mol. The van der Waals surface area contributed by atoms with Crippen LogP contribution in [0.15, 0.2) is 0 Å². The van der Waals surface area contributed by atoms with E-state index in [2.05, 4.69) is 4.74 Å². The maximum absolute atomic E-state index is 12.3. The van der Waals surface area contributed by atoms with Gasteiger partial charge in [-0.15, -0.1) is 0 Å². The number of carbonyl (C=O) groups excluding carboxylic acids is 2. The Kier molecular flexibility index (Phi) is 5.14. The number of aliphatic carboxylic acids is 1. The SMILES string of the molecule is COC(=O)CN(C(=O)N1CCC[C@H]1C(=O)O)C(C)C. The molecule has 0 spiro atoms. The van der Waals surface area contributed by atoms with Crippen molar-refractivity contribution in [3.63, 3.8) is 0 Å². The first-order valence-electron chi connectivity index (χ1n) is 6.25. The molecule has 0 saturated carbocycles. The summed E-state index contributed by atoms with van der Waals surface area (Å²) in [7, 11) is 1.25. The van der Waals surface area contributed by atoms with Crippen LogP contribution in [-0.4, -0.2) is 65.2 Å². The first kappa shape index (κ1) is 15.3. The van der Waals surface area contributed by atoms with Crippen molar-refractivity contribution in [2.45, 2.75) is 38.8 Å². The van der Waals surface area contributed by atoms with E-state index in [1.165, 1.54) is 16.9 Å². The highest BCUT2D eigenvalue weighted by Gasteiger charge is 2.37. The number of hydrogen-bond donors (Lipinski definition) is 1. The fourth-order valence-electron chi connectivity index (χ4n) is 2.09. The minimum Gasteiger partial charge on any atom is -0.480 e. The lowest BCUT2D eigenvalue weighted by Crippen LogP contribution is -2.51. The Morgan fingerprint density at radius 3 is 2.53 bits per heavy atom. The zero-order valence-corrected chi connectivity index (χ0v) is 11.5. The summed E-state index contributed by atoms with van der Waals surface area (Å²) in [6.07, 6.45) is 1.11. The predicted octanol–water partition coefficient (Wildman–Crippen LogP) is 0.539. The number of nitrogens with zero attached hydrogens (tertiary/aromatic N) is 2. The van der Waals surface area contributed by atoms with Gasteiger partial charge in [0.15, 0.2) is 0 Å². The Bertz CT molecular complexity index is 369. The molecule has 1 heterocycles. The van der Waals surface area contributed by atoms with Crippen LogP contribution in [0.2, 0.25) is 0 Å². The Morgan fingerprint density at radius 2 is 2.05 bits per heavy atom. The van der Waals surface area contributed by atoms with Gasteiger partial charge in [0.25, 0.3) is 0 Å². The van der Waals surface area contributed by atoms with Gasteiger partial charge in [0.05, 0.1) is 7.11 Å². The fourth-order valence-corrected chi connectivity index (χ4v) is 2.09. The third kappa shape index (κ3) is 3.59. The molecule has 108 valence electrons. The van der Waals surface area contributed by atoms with Crippen LogP contribution in [0.4, 0.5) is 4.79 Å². The highest BCUT2D eigenvalue weighted by molar-refractivity contribution is 5.86. The van der Waals surface area contributed by atoms with Crippen LogP contribution in [0.25, 0.3) is 0 Å². The minimum atomic E-state index is -1.01. The average Bonchev–Trinajstić information content (AvgIpc) is 2.83. The van der Waals surface area contributed by atoms with Crippen LogP contribution >= 0.6 is 0 Å². The van der Waals surface area contributed by atoms with Crippen molar-refractivity contribution in [1.29, 1.82) is 0 Å². The molecule has 0 aliphatic carbocycles. The number of urea groups is 1. The molecule has 2 amide bonds. The maximum atomic E-state index is 12.3. The number of carbonyl (C=O) groups is 3. The van der Waals surface area contributed by atoms with Gasteiger partial charge in [-0.05, 0) is 26.7 Å². The molecule has 1 aliphatic rings. The van der Waals surface area contributed by atoms with E-state index in [4.69, 9.17) is 5.11 Å². The molecule has 7 heteroatoms. The Hall–Kier alpha value is -1.79. The average molecular weight is 272 g/mol. The van der Waals surface area contributed by atoms with Crippen molar-refractivity contribution < 1.29 is 24.2 Å². The van der Waals surface area contributed by atoms with Gasteiger partial charge in [-0.25, -0.2) is 9.59 Å². The van der Waals surface area contributed by atoms with Gasteiger partial charge in [-0.2, -0.15) is 0 Å². The number of carboxylic acid groups (broad SMARTS) is 1. The molecule has 1 aliphatic heterocycles. The number of amides is 2. The van der Waals surface area contributed by atoms with Crippen molar-refractivity contribution in [1.82, 2.24) is 9.80 Å². The van der Waals surface area contributed by atoms with E-state index in [0.717, 1.165) is 0 Å². The van der Waals surface area contributed by atoms with E-state index in [1.54, 1.807) is 13.8 Å². The van der Waals surface area contributed by atoms with Crippen molar-refractivity contribution in [3.8, 4) is 0 Å². The Balaban J connectivity index is 2.81. The molecule has 0 aromatic rings. The van der Waals surface area contributed by atoms with Gasteiger partial charge in [0, 0.05) is 12.6 Å². The number of rotatable bonds is 4.